The zero-order valence-electron chi connectivity index (χ0n) is 14.2. The smallest absolute Gasteiger partial charge is 0.267 e. The molecule has 0 aromatic carbocycles. The molecular formula is C16H19N7O3. The van der Waals surface area contributed by atoms with E-state index in [9.17, 15) is 14.4 Å². The molecule has 0 atom stereocenters. The van der Waals surface area contributed by atoms with Gasteiger partial charge in [0.15, 0.2) is 0 Å². The standard InChI is InChI=1S/C16H19N7O3/c24-14-4-2-6-20(14)7-12-8-22(19-18-12)13-9-21(10-13)16(26)11-23-15(25)3-1-5-17-23/h1,3,5,8,13H,2,4,6-7,9-11H2. The third-order valence-corrected chi connectivity index (χ3v) is 4.74. The van der Waals surface area contributed by atoms with Gasteiger partial charge in [0.05, 0.1) is 18.8 Å². The van der Waals surface area contributed by atoms with Crippen LogP contribution in [0, 0.1) is 0 Å². The van der Waals surface area contributed by atoms with Crippen molar-refractivity contribution < 1.29 is 9.59 Å². The second-order valence-electron chi connectivity index (χ2n) is 6.58. The predicted octanol–water partition coefficient (Wildman–Crippen LogP) is -0.959. The number of rotatable bonds is 5. The molecule has 0 bridgehead atoms. The van der Waals surface area contributed by atoms with Gasteiger partial charge in [-0.3, -0.25) is 14.4 Å². The van der Waals surface area contributed by atoms with Crippen LogP contribution in [0.15, 0.2) is 29.3 Å². The normalized spacial score (nSPS) is 17.6. The molecule has 26 heavy (non-hydrogen) atoms. The van der Waals surface area contributed by atoms with Crippen molar-refractivity contribution in [1.29, 1.82) is 0 Å². The highest BCUT2D eigenvalue weighted by Gasteiger charge is 2.33. The van der Waals surface area contributed by atoms with Gasteiger partial charge in [-0.2, -0.15) is 5.10 Å². The van der Waals surface area contributed by atoms with E-state index >= 15 is 0 Å². The van der Waals surface area contributed by atoms with Crippen LogP contribution in [0.4, 0.5) is 0 Å². The third-order valence-electron chi connectivity index (χ3n) is 4.74. The largest absolute Gasteiger partial charge is 0.337 e. The molecule has 2 aliphatic rings. The van der Waals surface area contributed by atoms with Crippen molar-refractivity contribution in [2.45, 2.75) is 32.0 Å². The van der Waals surface area contributed by atoms with E-state index in [0.29, 0.717) is 26.1 Å². The van der Waals surface area contributed by atoms with E-state index in [4.69, 9.17) is 0 Å². The number of likely N-dealkylation sites (tertiary alicyclic amines) is 2. The first-order valence-electron chi connectivity index (χ1n) is 8.58. The number of amides is 2. The maximum Gasteiger partial charge on any atom is 0.267 e. The molecule has 10 heteroatoms. The Balaban J connectivity index is 1.31. The first-order chi connectivity index (χ1) is 12.6. The zero-order chi connectivity index (χ0) is 18.1. The highest BCUT2D eigenvalue weighted by Crippen LogP contribution is 2.21. The summed E-state index contributed by atoms with van der Waals surface area (Å²) in [6.07, 6.45) is 4.82. The summed E-state index contributed by atoms with van der Waals surface area (Å²) in [6.45, 7) is 2.23. The average molecular weight is 357 g/mol. The number of carbonyl (C=O) groups excluding carboxylic acids is 2. The fourth-order valence-corrected chi connectivity index (χ4v) is 3.19. The van der Waals surface area contributed by atoms with Crippen molar-refractivity contribution in [2.24, 2.45) is 0 Å². The topological polar surface area (TPSA) is 106 Å². The van der Waals surface area contributed by atoms with Crippen LogP contribution in [0.25, 0.3) is 0 Å². The Morgan fingerprint density at radius 2 is 2.12 bits per heavy atom. The quantitative estimate of drug-likeness (QED) is 0.682. The van der Waals surface area contributed by atoms with Crippen molar-refractivity contribution >= 4 is 11.8 Å². The van der Waals surface area contributed by atoms with Crippen LogP contribution >= 0.6 is 0 Å². The molecule has 0 N–H and O–H groups in total. The maximum absolute atomic E-state index is 12.2. The van der Waals surface area contributed by atoms with Crippen molar-refractivity contribution in [3.63, 3.8) is 0 Å². The van der Waals surface area contributed by atoms with E-state index in [1.807, 2.05) is 6.20 Å². The van der Waals surface area contributed by atoms with E-state index in [2.05, 4.69) is 15.4 Å². The minimum atomic E-state index is -0.296. The van der Waals surface area contributed by atoms with Gasteiger partial charge in [-0.1, -0.05) is 5.21 Å². The van der Waals surface area contributed by atoms with Crippen LogP contribution < -0.4 is 5.56 Å². The van der Waals surface area contributed by atoms with Gasteiger partial charge in [0.2, 0.25) is 11.8 Å². The lowest BCUT2D eigenvalue weighted by atomic mass is 10.1. The molecular weight excluding hydrogens is 338 g/mol. The van der Waals surface area contributed by atoms with Crippen LogP contribution in [0.2, 0.25) is 0 Å². The summed E-state index contributed by atoms with van der Waals surface area (Å²) in [7, 11) is 0. The Morgan fingerprint density at radius 1 is 1.27 bits per heavy atom. The Morgan fingerprint density at radius 3 is 2.85 bits per heavy atom. The predicted molar refractivity (Wildman–Crippen MR) is 88.8 cm³/mol. The number of carbonyl (C=O) groups is 2. The van der Waals surface area contributed by atoms with Crippen LogP contribution in [-0.4, -0.2) is 66.0 Å². The van der Waals surface area contributed by atoms with Crippen LogP contribution in [0.3, 0.4) is 0 Å². The molecule has 2 saturated heterocycles. The second kappa shape index (κ2) is 6.70. The van der Waals surface area contributed by atoms with Gasteiger partial charge in [-0.05, 0) is 12.5 Å². The summed E-state index contributed by atoms with van der Waals surface area (Å²) in [5.41, 5.74) is 0.459. The van der Waals surface area contributed by atoms with Crippen molar-refractivity contribution in [1.82, 2.24) is 34.6 Å². The Hall–Kier alpha value is -3.04. The summed E-state index contributed by atoms with van der Waals surface area (Å²) in [6, 6.07) is 2.98. The molecule has 2 aromatic rings. The molecule has 0 unspecified atom stereocenters. The minimum Gasteiger partial charge on any atom is -0.337 e. The molecule has 10 nitrogen and oxygen atoms in total. The fourth-order valence-electron chi connectivity index (χ4n) is 3.19. The molecule has 4 rings (SSSR count). The lowest BCUT2D eigenvalue weighted by Crippen LogP contribution is -2.52. The van der Waals surface area contributed by atoms with Crippen molar-refractivity contribution in [3.8, 4) is 0 Å². The Labute approximate surface area is 149 Å². The molecule has 0 radical (unpaired) electrons. The molecule has 2 fully saturated rings. The molecule has 2 aromatic heterocycles. The van der Waals surface area contributed by atoms with Crippen LogP contribution in [0.5, 0.6) is 0 Å². The first-order valence-corrected chi connectivity index (χ1v) is 8.58. The molecule has 136 valence electrons. The fraction of sp³-hybridized carbons (Fsp3) is 0.500. The first kappa shape index (κ1) is 16.4. The van der Waals surface area contributed by atoms with Gasteiger partial charge in [-0.25, -0.2) is 9.36 Å². The van der Waals surface area contributed by atoms with Crippen LogP contribution in [-0.2, 0) is 22.7 Å². The summed E-state index contributed by atoms with van der Waals surface area (Å²) in [5, 5.41) is 12.1. The van der Waals surface area contributed by atoms with Gasteiger partial charge >= 0.3 is 0 Å². The Bertz CT molecular complexity index is 884. The molecule has 2 aliphatic heterocycles. The zero-order valence-corrected chi connectivity index (χ0v) is 14.2. The van der Waals surface area contributed by atoms with E-state index in [-0.39, 0.29) is 30.0 Å². The van der Waals surface area contributed by atoms with Gasteiger partial charge in [-0.15, -0.1) is 5.10 Å². The van der Waals surface area contributed by atoms with Crippen LogP contribution in [0.1, 0.15) is 24.6 Å². The molecule has 0 saturated carbocycles. The van der Waals surface area contributed by atoms with Gasteiger partial charge in [0.25, 0.3) is 5.56 Å². The molecule has 4 heterocycles. The van der Waals surface area contributed by atoms with Crippen molar-refractivity contribution in [3.05, 3.63) is 40.6 Å². The summed E-state index contributed by atoms with van der Waals surface area (Å²) in [5.74, 6) is 0.00906. The van der Waals surface area contributed by atoms with Gasteiger partial charge < -0.3 is 9.80 Å². The number of hydrogen-bond donors (Lipinski definition) is 0. The second-order valence-corrected chi connectivity index (χ2v) is 6.58. The molecule has 0 spiro atoms. The van der Waals surface area contributed by atoms with E-state index in [0.717, 1.165) is 23.3 Å². The van der Waals surface area contributed by atoms with E-state index < -0.39 is 0 Å². The molecule has 0 aliphatic carbocycles. The minimum absolute atomic E-state index is 0.0634. The highest BCUT2D eigenvalue weighted by molar-refractivity contribution is 5.78. The van der Waals surface area contributed by atoms with E-state index in [1.165, 1.54) is 12.3 Å². The lowest BCUT2D eigenvalue weighted by Gasteiger charge is -2.38. The monoisotopic (exact) mass is 357 g/mol. The van der Waals surface area contributed by atoms with Gasteiger partial charge in [0, 0.05) is 38.3 Å². The van der Waals surface area contributed by atoms with Crippen molar-refractivity contribution in [2.75, 3.05) is 19.6 Å². The highest BCUT2D eigenvalue weighted by atomic mass is 16.2. The summed E-state index contributed by atoms with van der Waals surface area (Å²) in [4.78, 5) is 39.0. The summed E-state index contributed by atoms with van der Waals surface area (Å²) >= 11 is 0. The van der Waals surface area contributed by atoms with E-state index in [1.54, 1.807) is 20.5 Å². The lowest BCUT2D eigenvalue weighted by molar-refractivity contribution is -0.138. The number of aromatic nitrogens is 5. The van der Waals surface area contributed by atoms with Gasteiger partial charge in [0.1, 0.15) is 12.2 Å². The average Bonchev–Trinajstić information content (AvgIpc) is 3.19. The maximum atomic E-state index is 12.2. The Kier molecular flexibility index (Phi) is 4.23. The number of hydrogen-bond acceptors (Lipinski definition) is 6. The number of nitrogens with zero attached hydrogens (tertiary/aromatic N) is 7. The SMILES string of the molecule is O=C1CCCN1Cc1cn(C2CN(C(=O)Cn3ncccc3=O)C2)nn1. The summed E-state index contributed by atoms with van der Waals surface area (Å²) < 4.78 is 2.89. The molecule has 2 amide bonds. The third kappa shape index (κ3) is 3.22.